The summed E-state index contributed by atoms with van der Waals surface area (Å²) in [6, 6.07) is 0. The number of amides is 1. The second kappa shape index (κ2) is 4.75. The van der Waals surface area contributed by atoms with Crippen LogP contribution >= 0.6 is 0 Å². The first kappa shape index (κ1) is 11.5. The first-order valence-electron chi connectivity index (χ1n) is 5.07. The molecule has 0 saturated carbocycles. The molecule has 4 heteroatoms. The van der Waals surface area contributed by atoms with Crippen LogP contribution in [0.5, 0.6) is 0 Å². The van der Waals surface area contributed by atoms with Crippen molar-refractivity contribution in [1.29, 1.82) is 0 Å². The van der Waals surface area contributed by atoms with E-state index in [0.717, 1.165) is 25.9 Å². The van der Waals surface area contributed by atoms with Gasteiger partial charge in [-0.2, -0.15) is 0 Å². The second-order valence-electron chi connectivity index (χ2n) is 4.12. The Hall–Kier alpha value is -0.610. The number of hydrogen-bond acceptors (Lipinski definition) is 3. The molecule has 1 rings (SSSR count). The Balaban J connectivity index is 2.39. The summed E-state index contributed by atoms with van der Waals surface area (Å²) in [6.07, 6.45) is 2.03. The molecule has 1 fully saturated rings. The lowest BCUT2D eigenvalue weighted by atomic mass is 9.90. The van der Waals surface area contributed by atoms with Crippen LogP contribution < -0.4 is 5.32 Å². The molecule has 0 aromatic heterocycles. The number of ether oxygens (including phenoxy) is 1. The largest absolute Gasteiger partial charge is 0.375 e. The van der Waals surface area contributed by atoms with E-state index in [2.05, 4.69) is 12.2 Å². The van der Waals surface area contributed by atoms with Gasteiger partial charge in [0.2, 0.25) is 5.91 Å². The lowest BCUT2D eigenvalue weighted by Crippen LogP contribution is -2.51. The van der Waals surface area contributed by atoms with E-state index in [9.17, 15) is 4.79 Å². The van der Waals surface area contributed by atoms with Crippen LogP contribution in [0.15, 0.2) is 0 Å². The molecule has 1 saturated heterocycles. The van der Waals surface area contributed by atoms with Crippen LogP contribution in [-0.4, -0.2) is 50.2 Å². The zero-order valence-electron chi connectivity index (χ0n) is 9.30. The van der Waals surface area contributed by atoms with Crippen LogP contribution in [0.1, 0.15) is 19.8 Å². The van der Waals surface area contributed by atoms with Gasteiger partial charge in [0.25, 0.3) is 0 Å². The van der Waals surface area contributed by atoms with Crippen LogP contribution in [-0.2, 0) is 9.53 Å². The van der Waals surface area contributed by atoms with E-state index in [-0.39, 0.29) is 18.1 Å². The van der Waals surface area contributed by atoms with Crippen molar-refractivity contribution in [2.75, 3.05) is 33.9 Å². The van der Waals surface area contributed by atoms with Gasteiger partial charge in [0.15, 0.2) is 0 Å². The van der Waals surface area contributed by atoms with Gasteiger partial charge in [-0.15, -0.1) is 0 Å². The minimum absolute atomic E-state index is 0.102. The summed E-state index contributed by atoms with van der Waals surface area (Å²) in [6.45, 7) is 4.07. The van der Waals surface area contributed by atoms with Gasteiger partial charge in [-0.25, -0.2) is 0 Å². The average molecular weight is 200 g/mol. The highest BCUT2D eigenvalue weighted by atomic mass is 16.5. The standard InChI is InChI=1S/C10H20N2O2/c1-10(11-2)4-6-12(7-5-10)9(13)8-14-3/h11H,4-8H2,1-3H3. The highest BCUT2D eigenvalue weighted by Gasteiger charge is 2.29. The number of nitrogens with zero attached hydrogens (tertiary/aromatic N) is 1. The van der Waals surface area contributed by atoms with Gasteiger partial charge in [0.05, 0.1) is 0 Å². The molecular weight excluding hydrogens is 180 g/mol. The van der Waals surface area contributed by atoms with Gasteiger partial charge in [-0.1, -0.05) is 0 Å². The van der Waals surface area contributed by atoms with E-state index >= 15 is 0 Å². The molecule has 14 heavy (non-hydrogen) atoms. The average Bonchev–Trinajstić information content (AvgIpc) is 2.19. The Morgan fingerprint density at radius 1 is 1.50 bits per heavy atom. The summed E-state index contributed by atoms with van der Waals surface area (Å²) in [4.78, 5) is 13.4. The molecular formula is C10H20N2O2. The van der Waals surface area contributed by atoms with Gasteiger partial charge < -0.3 is 15.0 Å². The number of hydrogen-bond donors (Lipinski definition) is 1. The summed E-state index contributed by atoms with van der Waals surface area (Å²) in [7, 11) is 3.53. The Bertz CT molecular complexity index is 198. The fourth-order valence-corrected chi connectivity index (χ4v) is 1.71. The SMILES string of the molecule is CNC1(C)CCN(C(=O)COC)CC1. The smallest absolute Gasteiger partial charge is 0.248 e. The number of piperidine rings is 1. The number of carbonyl (C=O) groups excluding carboxylic acids is 1. The molecule has 1 amide bonds. The molecule has 0 aromatic carbocycles. The van der Waals surface area contributed by atoms with Crippen molar-refractivity contribution in [2.24, 2.45) is 0 Å². The van der Waals surface area contributed by atoms with Crippen molar-refractivity contribution in [3.8, 4) is 0 Å². The van der Waals surface area contributed by atoms with Gasteiger partial charge in [0, 0.05) is 25.7 Å². The van der Waals surface area contributed by atoms with Gasteiger partial charge in [-0.05, 0) is 26.8 Å². The summed E-state index contributed by atoms with van der Waals surface area (Å²) >= 11 is 0. The van der Waals surface area contributed by atoms with E-state index in [1.807, 2.05) is 11.9 Å². The van der Waals surface area contributed by atoms with Gasteiger partial charge in [-0.3, -0.25) is 4.79 Å². The minimum Gasteiger partial charge on any atom is -0.375 e. The molecule has 1 aliphatic heterocycles. The van der Waals surface area contributed by atoms with E-state index in [0.29, 0.717) is 0 Å². The van der Waals surface area contributed by atoms with Gasteiger partial charge >= 0.3 is 0 Å². The van der Waals surface area contributed by atoms with Gasteiger partial charge in [0.1, 0.15) is 6.61 Å². The molecule has 0 aliphatic carbocycles. The lowest BCUT2D eigenvalue weighted by molar-refractivity contribution is -0.136. The van der Waals surface area contributed by atoms with E-state index in [4.69, 9.17) is 4.74 Å². The van der Waals surface area contributed by atoms with E-state index < -0.39 is 0 Å². The fourth-order valence-electron chi connectivity index (χ4n) is 1.71. The molecule has 0 radical (unpaired) electrons. The topological polar surface area (TPSA) is 41.6 Å². The molecule has 82 valence electrons. The molecule has 4 nitrogen and oxygen atoms in total. The summed E-state index contributed by atoms with van der Waals surface area (Å²) in [5.74, 6) is 0.102. The molecule has 0 unspecified atom stereocenters. The van der Waals surface area contributed by atoms with Crippen LogP contribution in [0.3, 0.4) is 0 Å². The number of nitrogens with one attached hydrogen (secondary N) is 1. The van der Waals surface area contributed by atoms with Crippen molar-refractivity contribution >= 4 is 5.91 Å². The van der Waals surface area contributed by atoms with Crippen molar-refractivity contribution in [3.63, 3.8) is 0 Å². The van der Waals surface area contributed by atoms with Crippen molar-refractivity contribution < 1.29 is 9.53 Å². The summed E-state index contributed by atoms with van der Waals surface area (Å²) in [5.41, 5.74) is 0.198. The third-order valence-electron chi connectivity index (χ3n) is 3.09. The van der Waals surface area contributed by atoms with Crippen LogP contribution in [0.4, 0.5) is 0 Å². The maximum absolute atomic E-state index is 11.5. The number of rotatable bonds is 3. The van der Waals surface area contributed by atoms with E-state index in [1.54, 1.807) is 7.11 Å². The maximum atomic E-state index is 11.5. The number of likely N-dealkylation sites (tertiary alicyclic amines) is 1. The van der Waals surface area contributed by atoms with Crippen LogP contribution in [0, 0.1) is 0 Å². The Morgan fingerprint density at radius 3 is 2.50 bits per heavy atom. The van der Waals surface area contributed by atoms with Crippen LogP contribution in [0.2, 0.25) is 0 Å². The summed E-state index contributed by atoms with van der Waals surface area (Å²) < 4.78 is 4.83. The Morgan fingerprint density at radius 2 is 2.07 bits per heavy atom. The first-order chi connectivity index (χ1) is 6.61. The zero-order chi connectivity index (χ0) is 10.6. The summed E-state index contributed by atoms with van der Waals surface area (Å²) in [5, 5.41) is 3.30. The van der Waals surface area contributed by atoms with Crippen molar-refractivity contribution in [1.82, 2.24) is 10.2 Å². The number of carbonyl (C=O) groups is 1. The highest BCUT2D eigenvalue weighted by molar-refractivity contribution is 5.77. The minimum atomic E-state index is 0.102. The molecule has 0 bridgehead atoms. The maximum Gasteiger partial charge on any atom is 0.248 e. The monoisotopic (exact) mass is 200 g/mol. The predicted molar refractivity (Wildman–Crippen MR) is 55.2 cm³/mol. The number of methoxy groups -OCH3 is 1. The Kier molecular flexibility index (Phi) is 3.89. The predicted octanol–water partition coefficient (Wildman–Crippen LogP) is 0.233. The third-order valence-corrected chi connectivity index (χ3v) is 3.09. The fraction of sp³-hybridized carbons (Fsp3) is 0.900. The van der Waals surface area contributed by atoms with Crippen molar-refractivity contribution in [3.05, 3.63) is 0 Å². The third kappa shape index (κ3) is 2.69. The van der Waals surface area contributed by atoms with Crippen molar-refractivity contribution in [2.45, 2.75) is 25.3 Å². The molecule has 1 N–H and O–H groups in total. The quantitative estimate of drug-likeness (QED) is 0.709. The lowest BCUT2D eigenvalue weighted by Gasteiger charge is -2.39. The molecule has 1 heterocycles. The Labute approximate surface area is 85.6 Å². The van der Waals surface area contributed by atoms with Crippen LogP contribution in [0.25, 0.3) is 0 Å². The highest BCUT2D eigenvalue weighted by Crippen LogP contribution is 2.20. The van der Waals surface area contributed by atoms with E-state index in [1.165, 1.54) is 0 Å². The molecule has 0 aromatic rings. The molecule has 0 spiro atoms. The zero-order valence-corrected chi connectivity index (χ0v) is 9.30. The molecule has 1 aliphatic rings. The molecule has 0 atom stereocenters. The second-order valence-corrected chi connectivity index (χ2v) is 4.12. The first-order valence-corrected chi connectivity index (χ1v) is 5.07. The normalized spacial score (nSPS) is 20.9.